The van der Waals surface area contributed by atoms with Crippen molar-refractivity contribution in [2.24, 2.45) is 0 Å². The molecule has 11 atom stereocenters. The van der Waals surface area contributed by atoms with Crippen LogP contribution in [0.1, 0.15) is 168 Å². The third kappa shape index (κ3) is 24.4. The van der Waals surface area contributed by atoms with E-state index in [0.717, 1.165) is 64.2 Å². The van der Waals surface area contributed by atoms with Crippen molar-refractivity contribution in [3.63, 3.8) is 0 Å². The molecule has 2 saturated heterocycles. The number of aliphatic hydroxyl groups is 7. The van der Waals surface area contributed by atoms with Gasteiger partial charge in [0.05, 0.1) is 26.4 Å². The van der Waals surface area contributed by atoms with Gasteiger partial charge in [0.2, 0.25) is 0 Å². The number of esters is 1. The maximum absolute atomic E-state index is 12.9. The van der Waals surface area contributed by atoms with Crippen LogP contribution in [0, 0.1) is 0 Å². The molecule has 61 heavy (non-hydrogen) atoms. The molecule has 0 amide bonds. The Morgan fingerprint density at radius 2 is 0.967 bits per heavy atom. The molecule has 0 aromatic carbocycles. The zero-order chi connectivity index (χ0) is 44.5. The number of aliphatic hydroxyl groups excluding tert-OH is 7. The third-order valence-electron chi connectivity index (χ3n) is 11.4. The van der Waals surface area contributed by atoms with E-state index in [1.54, 1.807) is 0 Å². The van der Waals surface area contributed by atoms with Crippen LogP contribution in [-0.4, -0.2) is 142 Å². The molecule has 0 spiro atoms. The van der Waals surface area contributed by atoms with Crippen molar-refractivity contribution in [3.8, 4) is 0 Å². The fourth-order valence-electron chi connectivity index (χ4n) is 7.45. The van der Waals surface area contributed by atoms with Gasteiger partial charge in [-0.25, -0.2) is 0 Å². The highest BCUT2D eigenvalue weighted by molar-refractivity contribution is 5.69. The quantitative estimate of drug-likeness (QED) is 0.0215. The molecule has 0 aromatic heterocycles. The number of carbonyl (C=O) groups is 1. The Kier molecular flexibility index (Phi) is 32.6. The number of ether oxygens (including phenoxy) is 6. The minimum Gasteiger partial charge on any atom is -0.457 e. The maximum atomic E-state index is 12.9. The van der Waals surface area contributed by atoms with Crippen LogP contribution in [0.15, 0.2) is 24.3 Å². The topological polar surface area (TPSA) is 214 Å². The highest BCUT2D eigenvalue weighted by Gasteiger charge is 2.47. The van der Waals surface area contributed by atoms with Gasteiger partial charge in [-0.3, -0.25) is 4.79 Å². The molecule has 11 unspecified atom stereocenters. The van der Waals surface area contributed by atoms with Crippen LogP contribution in [-0.2, 0) is 33.2 Å². The molecule has 0 saturated carbocycles. The van der Waals surface area contributed by atoms with E-state index in [1.807, 2.05) is 0 Å². The highest BCUT2D eigenvalue weighted by atomic mass is 16.7. The van der Waals surface area contributed by atoms with E-state index in [-0.39, 0.29) is 25.6 Å². The monoisotopic (exact) mass is 875 g/mol. The van der Waals surface area contributed by atoms with Crippen molar-refractivity contribution >= 4 is 5.97 Å². The van der Waals surface area contributed by atoms with Crippen LogP contribution >= 0.6 is 0 Å². The average molecular weight is 875 g/mol. The van der Waals surface area contributed by atoms with Crippen LogP contribution in [0.5, 0.6) is 0 Å². The number of hydrogen-bond acceptors (Lipinski definition) is 14. The predicted molar refractivity (Wildman–Crippen MR) is 233 cm³/mol. The molecule has 14 nitrogen and oxygen atoms in total. The normalized spacial score (nSPS) is 27.6. The Morgan fingerprint density at radius 3 is 1.49 bits per heavy atom. The summed E-state index contributed by atoms with van der Waals surface area (Å²) in [6.45, 7) is 3.63. The Morgan fingerprint density at radius 1 is 0.525 bits per heavy atom. The van der Waals surface area contributed by atoms with Crippen molar-refractivity contribution in [1.82, 2.24) is 0 Å². The Hall–Kier alpha value is -1.53. The smallest absolute Gasteiger partial charge is 0.306 e. The molecule has 2 rings (SSSR count). The van der Waals surface area contributed by atoms with Gasteiger partial charge in [0, 0.05) is 13.0 Å². The van der Waals surface area contributed by atoms with E-state index in [0.29, 0.717) is 13.0 Å². The van der Waals surface area contributed by atoms with Crippen molar-refractivity contribution < 1.29 is 69.0 Å². The first-order chi connectivity index (χ1) is 29.6. The fraction of sp³-hybridized carbons (Fsp3) is 0.894. The Bertz CT molecular complexity index is 1110. The molecule has 0 aromatic rings. The van der Waals surface area contributed by atoms with Gasteiger partial charge in [0.15, 0.2) is 12.6 Å². The van der Waals surface area contributed by atoms with Gasteiger partial charge in [-0.2, -0.15) is 0 Å². The largest absolute Gasteiger partial charge is 0.457 e. The molecule has 14 heteroatoms. The Labute approximate surface area is 367 Å². The number of allylic oxidation sites excluding steroid dienone is 4. The lowest BCUT2D eigenvalue weighted by Crippen LogP contribution is -2.61. The van der Waals surface area contributed by atoms with Gasteiger partial charge in [-0.05, 0) is 64.2 Å². The lowest BCUT2D eigenvalue weighted by atomic mass is 9.98. The van der Waals surface area contributed by atoms with Gasteiger partial charge in [0.25, 0.3) is 0 Å². The molecule has 2 aliphatic rings. The molecule has 358 valence electrons. The summed E-state index contributed by atoms with van der Waals surface area (Å²) in [6, 6.07) is 0. The summed E-state index contributed by atoms with van der Waals surface area (Å²) in [5.74, 6) is -0.388. The molecular weight excluding hydrogens is 789 g/mol. The van der Waals surface area contributed by atoms with Crippen LogP contribution in [0.2, 0.25) is 0 Å². The van der Waals surface area contributed by atoms with Gasteiger partial charge < -0.3 is 64.2 Å². The van der Waals surface area contributed by atoms with Crippen LogP contribution in [0.4, 0.5) is 0 Å². The SMILES string of the molecule is CCCCCC/C=C\CCCCCCCCOCC(COC1OC(COC2OC(CO)C(O)C(O)C2O)C(O)C(O)C1O)OC(=O)CCCCCCC/C=C\CCCCCC. The van der Waals surface area contributed by atoms with E-state index in [9.17, 15) is 40.5 Å². The van der Waals surface area contributed by atoms with Gasteiger partial charge >= 0.3 is 5.97 Å². The summed E-state index contributed by atoms with van der Waals surface area (Å²) < 4.78 is 34.2. The van der Waals surface area contributed by atoms with E-state index in [2.05, 4.69) is 38.2 Å². The highest BCUT2D eigenvalue weighted by Crippen LogP contribution is 2.26. The van der Waals surface area contributed by atoms with Gasteiger partial charge in [0.1, 0.15) is 54.9 Å². The number of hydrogen-bond donors (Lipinski definition) is 7. The van der Waals surface area contributed by atoms with Gasteiger partial charge in [-0.1, -0.05) is 122 Å². The van der Waals surface area contributed by atoms with Crippen molar-refractivity contribution in [3.05, 3.63) is 24.3 Å². The van der Waals surface area contributed by atoms with Crippen LogP contribution in [0.25, 0.3) is 0 Å². The van der Waals surface area contributed by atoms with E-state index >= 15 is 0 Å². The number of rotatable bonds is 37. The first-order valence-corrected chi connectivity index (χ1v) is 23.9. The summed E-state index contributed by atoms with van der Waals surface area (Å²) in [5, 5.41) is 71.9. The number of carbonyl (C=O) groups excluding carboxylic acids is 1. The van der Waals surface area contributed by atoms with Crippen LogP contribution in [0.3, 0.4) is 0 Å². The molecular formula is C47H86O14. The van der Waals surface area contributed by atoms with Crippen molar-refractivity contribution in [2.75, 3.05) is 33.0 Å². The summed E-state index contributed by atoms with van der Waals surface area (Å²) >= 11 is 0. The second kappa shape index (κ2) is 35.8. The first kappa shape index (κ1) is 55.6. The van der Waals surface area contributed by atoms with Gasteiger partial charge in [-0.15, -0.1) is 0 Å². The lowest BCUT2D eigenvalue weighted by molar-refractivity contribution is -0.332. The lowest BCUT2D eigenvalue weighted by Gasteiger charge is -2.42. The van der Waals surface area contributed by atoms with Crippen LogP contribution < -0.4 is 0 Å². The first-order valence-electron chi connectivity index (χ1n) is 23.9. The minimum absolute atomic E-state index is 0.0558. The van der Waals surface area contributed by atoms with E-state index in [1.165, 1.54) is 77.0 Å². The minimum atomic E-state index is -1.71. The third-order valence-corrected chi connectivity index (χ3v) is 11.4. The predicted octanol–water partition coefficient (Wildman–Crippen LogP) is 6.07. The molecule has 0 radical (unpaired) electrons. The summed E-state index contributed by atoms with van der Waals surface area (Å²) in [5.41, 5.74) is 0. The molecule has 7 N–H and O–H groups in total. The molecule has 2 fully saturated rings. The molecule has 2 aliphatic heterocycles. The standard InChI is InChI=1S/C47H86O14/c1-3-5-7-9-11-13-15-17-19-21-23-25-27-29-31-56-33-36(59-39(49)30-28-26-24-22-20-18-16-14-12-10-8-6-4-2)34-57-46-45(55)43(53)41(51)38(61-46)35-58-47-44(54)42(52)40(50)37(32-48)60-47/h13-16,36-38,40-48,50-55H,3-12,17-35H2,1-2H3/b15-13-,16-14-. The Balaban J connectivity index is 1.81. The zero-order valence-electron chi connectivity index (χ0n) is 37.7. The van der Waals surface area contributed by atoms with Crippen molar-refractivity contribution in [2.45, 2.75) is 235 Å². The fourth-order valence-corrected chi connectivity index (χ4v) is 7.45. The number of unbranched alkanes of at least 4 members (excludes halogenated alkanes) is 19. The molecule has 0 bridgehead atoms. The summed E-state index contributed by atoms with van der Waals surface area (Å²) in [7, 11) is 0. The summed E-state index contributed by atoms with van der Waals surface area (Å²) in [4.78, 5) is 12.9. The zero-order valence-corrected chi connectivity index (χ0v) is 37.7. The second-order valence-electron chi connectivity index (χ2n) is 16.9. The maximum Gasteiger partial charge on any atom is 0.306 e. The van der Waals surface area contributed by atoms with E-state index < -0.39 is 80.7 Å². The summed E-state index contributed by atoms with van der Waals surface area (Å²) in [6.07, 6.45) is 19.5. The van der Waals surface area contributed by atoms with Crippen molar-refractivity contribution in [1.29, 1.82) is 0 Å². The average Bonchev–Trinajstić information content (AvgIpc) is 3.25. The van der Waals surface area contributed by atoms with E-state index in [4.69, 9.17) is 28.4 Å². The molecule has 0 aliphatic carbocycles. The molecule has 2 heterocycles. The second-order valence-corrected chi connectivity index (χ2v) is 16.9.